The zero-order valence-corrected chi connectivity index (χ0v) is 16.8. The van der Waals surface area contributed by atoms with Crippen molar-refractivity contribution in [1.29, 1.82) is 0 Å². The number of amides is 2. The van der Waals surface area contributed by atoms with Crippen LogP contribution in [0, 0.1) is 5.41 Å². The lowest BCUT2D eigenvalue weighted by Crippen LogP contribution is -2.51. The molecule has 1 aliphatic heterocycles. The van der Waals surface area contributed by atoms with Crippen LogP contribution < -0.4 is 15.5 Å². The summed E-state index contributed by atoms with van der Waals surface area (Å²) in [7, 11) is 2.13. The van der Waals surface area contributed by atoms with E-state index in [1.807, 2.05) is 45.0 Å². The zero-order valence-electron chi connectivity index (χ0n) is 16.8. The second kappa shape index (κ2) is 7.66. The number of likely N-dealkylation sites (N-methyl/N-ethyl adjacent to an activating group) is 1. The molecular formula is C20H32N4O2. The van der Waals surface area contributed by atoms with Crippen molar-refractivity contribution in [1.82, 2.24) is 10.2 Å². The van der Waals surface area contributed by atoms with Gasteiger partial charge in [-0.15, -0.1) is 0 Å². The van der Waals surface area contributed by atoms with E-state index in [9.17, 15) is 9.59 Å². The van der Waals surface area contributed by atoms with Crippen LogP contribution in [0.4, 0.5) is 11.4 Å². The monoisotopic (exact) mass is 360 g/mol. The molecule has 0 aliphatic carbocycles. The minimum atomic E-state index is -1.15. The summed E-state index contributed by atoms with van der Waals surface area (Å²) in [6.07, 6.45) is 0. The van der Waals surface area contributed by atoms with Crippen LogP contribution in [0.15, 0.2) is 24.3 Å². The van der Waals surface area contributed by atoms with Crippen LogP contribution >= 0.6 is 0 Å². The van der Waals surface area contributed by atoms with E-state index in [-0.39, 0.29) is 17.4 Å². The average molecular weight is 361 g/mol. The van der Waals surface area contributed by atoms with E-state index in [1.165, 1.54) is 0 Å². The predicted octanol–water partition coefficient (Wildman–Crippen LogP) is 2.32. The lowest BCUT2D eigenvalue weighted by molar-refractivity contribution is -0.139. The number of nitrogens with zero attached hydrogens (tertiary/aromatic N) is 2. The molecule has 0 atom stereocenters. The van der Waals surface area contributed by atoms with Gasteiger partial charge in [-0.3, -0.25) is 9.59 Å². The van der Waals surface area contributed by atoms with E-state index in [2.05, 4.69) is 27.5 Å². The normalized spacial score (nSPS) is 16.3. The number of rotatable bonds is 4. The first-order valence-electron chi connectivity index (χ1n) is 9.17. The molecule has 144 valence electrons. The van der Waals surface area contributed by atoms with Gasteiger partial charge in [-0.25, -0.2) is 0 Å². The van der Waals surface area contributed by atoms with Gasteiger partial charge in [0.25, 0.3) is 0 Å². The first-order valence-corrected chi connectivity index (χ1v) is 9.17. The lowest BCUT2D eigenvalue weighted by atomic mass is 9.89. The van der Waals surface area contributed by atoms with Crippen molar-refractivity contribution >= 4 is 23.2 Å². The van der Waals surface area contributed by atoms with Crippen LogP contribution in [0.5, 0.6) is 0 Å². The molecule has 0 saturated carbocycles. The minimum Gasteiger partial charge on any atom is -0.369 e. The summed E-state index contributed by atoms with van der Waals surface area (Å²) in [6, 6.07) is 7.82. The molecular weight excluding hydrogens is 328 g/mol. The number of hydrogen-bond acceptors (Lipinski definition) is 4. The maximum absolute atomic E-state index is 12.6. The maximum Gasteiger partial charge on any atom is 0.239 e. The maximum atomic E-state index is 12.6. The lowest BCUT2D eigenvalue weighted by Gasteiger charge is -2.34. The van der Waals surface area contributed by atoms with Gasteiger partial charge in [-0.2, -0.15) is 0 Å². The first-order chi connectivity index (χ1) is 12.0. The summed E-state index contributed by atoms with van der Waals surface area (Å²) < 4.78 is 0. The highest BCUT2D eigenvalue weighted by Crippen LogP contribution is 2.23. The van der Waals surface area contributed by atoms with Crippen molar-refractivity contribution in [3.63, 3.8) is 0 Å². The largest absolute Gasteiger partial charge is 0.369 e. The Morgan fingerprint density at radius 1 is 0.885 bits per heavy atom. The summed E-state index contributed by atoms with van der Waals surface area (Å²) in [5.74, 6) is -0.594. The van der Waals surface area contributed by atoms with Crippen molar-refractivity contribution < 1.29 is 9.59 Å². The Labute approximate surface area is 156 Å². The Balaban J connectivity index is 1.99. The van der Waals surface area contributed by atoms with Crippen LogP contribution in [0.3, 0.4) is 0 Å². The van der Waals surface area contributed by atoms with Crippen LogP contribution in [0.25, 0.3) is 0 Å². The third-order valence-electron chi connectivity index (χ3n) is 4.62. The van der Waals surface area contributed by atoms with Gasteiger partial charge < -0.3 is 20.4 Å². The Morgan fingerprint density at radius 3 is 1.92 bits per heavy atom. The molecule has 2 rings (SSSR count). The molecule has 1 aromatic carbocycles. The standard InChI is InChI=1S/C20H32N4O2/c1-19(2,3)22-18(26)20(4,5)17(25)21-15-7-9-16(10-8-15)24-13-11-23(6)12-14-24/h7-10H,11-14H2,1-6H3,(H,21,25)(H,22,26). The third-order valence-corrected chi connectivity index (χ3v) is 4.62. The summed E-state index contributed by atoms with van der Waals surface area (Å²) >= 11 is 0. The number of carbonyl (C=O) groups is 2. The number of benzene rings is 1. The fraction of sp³-hybridized carbons (Fsp3) is 0.600. The number of anilines is 2. The fourth-order valence-electron chi connectivity index (χ4n) is 2.71. The molecule has 0 unspecified atom stereocenters. The molecule has 6 heteroatoms. The molecule has 0 bridgehead atoms. The van der Waals surface area contributed by atoms with E-state index in [0.29, 0.717) is 5.69 Å². The Bertz CT molecular complexity index is 639. The molecule has 1 aliphatic rings. The van der Waals surface area contributed by atoms with E-state index in [4.69, 9.17) is 0 Å². The van der Waals surface area contributed by atoms with Gasteiger partial charge in [-0.1, -0.05) is 0 Å². The summed E-state index contributed by atoms with van der Waals surface area (Å²) in [5, 5.41) is 5.73. The topological polar surface area (TPSA) is 64.7 Å². The van der Waals surface area contributed by atoms with Gasteiger partial charge in [0.1, 0.15) is 5.41 Å². The van der Waals surface area contributed by atoms with Gasteiger partial charge in [0.05, 0.1) is 0 Å². The molecule has 2 amide bonds. The number of piperazine rings is 1. The minimum absolute atomic E-state index is 0.281. The molecule has 0 radical (unpaired) electrons. The molecule has 0 aromatic heterocycles. The summed E-state index contributed by atoms with van der Waals surface area (Å²) in [6.45, 7) is 13.1. The molecule has 0 spiro atoms. The molecule has 6 nitrogen and oxygen atoms in total. The Hall–Kier alpha value is -2.08. The second-order valence-corrected chi connectivity index (χ2v) is 8.62. The van der Waals surface area contributed by atoms with Gasteiger partial charge in [-0.05, 0) is 65.9 Å². The van der Waals surface area contributed by atoms with Gasteiger partial charge >= 0.3 is 0 Å². The van der Waals surface area contributed by atoms with Crippen LogP contribution in [0.1, 0.15) is 34.6 Å². The SMILES string of the molecule is CN1CCN(c2ccc(NC(=O)C(C)(C)C(=O)NC(C)(C)C)cc2)CC1. The van der Waals surface area contributed by atoms with Gasteiger partial charge in [0, 0.05) is 43.1 Å². The molecule has 2 N–H and O–H groups in total. The smallest absolute Gasteiger partial charge is 0.239 e. The van der Waals surface area contributed by atoms with Crippen LogP contribution in [-0.4, -0.2) is 55.5 Å². The molecule has 1 fully saturated rings. The van der Waals surface area contributed by atoms with E-state index in [1.54, 1.807) is 13.8 Å². The highest BCUT2D eigenvalue weighted by molar-refractivity contribution is 6.10. The quantitative estimate of drug-likeness (QED) is 0.809. The molecule has 1 heterocycles. The van der Waals surface area contributed by atoms with Gasteiger partial charge in [0.2, 0.25) is 11.8 Å². The molecule has 1 saturated heterocycles. The average Bonchev–Trinajstić information content (AvgIpc) is 2.54. The van der Waals surface area contributed by atoms with E-state index < -0.39 is 5.41 Å². The van der Waals surface area contributed by atoms with Gasteiger partial charge in [0.15, 0.2) is 0 Å². The first kappa shape index (κ1) is 20.2. The van der Waals surface area contributed by atoms with Crippen LogP contribution in [0.2, 0.25) is 0 Å². The van der Waals surface area contributed by atoms with Crippen molar-refractivity contribution in [3.8, 4) is 0 Å². The Morgan fingerprint density at radius 2 is 1.42 bits per heavy atom. The highest BCUT2D eigenvalue weighted by atomic mass is 16.2. The molecule has 26 heavy (non-hydrogen) atoms. The second-order valence-electron chi connectivity index (χ2n) is 8.62. The third kappa shape index (κ3) is 5.21. The van der Waals surface area contributed by atoms with Crippen molar-refractivity contribution in [2.45, 2.75) is 40.2 Å². The van der Waals surface area contributed by atoms with Crippen molar-refractivity contribution in [2.24, 2.45) is 5.41 Å². The fourth-order valence-corrected chi connectivity index (χ4v) is 2.71. The highest BCUT2D eigenvalue weighted by Gasteiger charge is 2.37. The van der Waals surface area contributed by atoms with Crippen LogP contribution in [-0.2, 0) is 9.59 Å². The number of hydrogen-bond donors (Lipinski definition) is 2. The Kier molecular flexibility index (Phi) is 5.96. The summed E-state index contributed by atoms with van der Waals surface area (Å²) in [5.41, 5.74) is 0.327. The number of carbonyl (C=O) groups excluding carboxylic acids is 2. The van der Waals surface area contributed by atoms with Crippen molar-refractivity contribution in [3.05, 3.63) is 24.3 Å². The molecule has 1 aromatic rings. The van der Waals surface area contributed by atoms with E-state index in [0.717, 1.165) is 31.9 Å². The number of nitrogens with one attached hydrogen (secondary N) is 2. The van der Waals surface area contributed by atoms with Crippen molar-refractivity contribution in [2.75, 3.05) is 43.4 Å². The van der Waals surface area contributed by atoms with E-state index >= 15 is 0 Å². The predicted molar refractivity (Wildman–Crippen MR) is 106 cm³/mol. The summed E-state index contributed by atoms with van der Waals surface area (Å²) in [4.78, 5) is 29.7. The zero-order chi connectivity index (χ0) is 19.5.